The molecule has 0 N–H and O–H groups in total. The van der Waals surface area contributed by atoms with Crippen molar-refractivity contribution in [1.82, 2.24) is 4.98 Å². The van der Waals surface area contributed by atoms with Gasteiger partial charge in [-0.15, -0.1) is 0 Å². The van der Waals surface area contributed by atoms with Crippen molar-refractivity contribution in [2.75, 3.05) is 6.61 Å². The van der Waals surface area contributed by atoms with Crippen molar-refractivity contribution in [3.05, 3.63) is 65.5 Å². The van der Waals surface area contributed by atoms with Crippen LogP contribution in [0, 0.1) is 6.92 Å². The molecule has 0 spiro atoms. The second-order valence-corrected chi connectivity index (χ2v) is 4.13. The Morgan fingerprint density at radius 3 is 2.47 bits per heavy atom. The van der Waals surface area contributed by atoms with E-state index in [0.717, 1.165) is 23.3 Å². The summed E-state index contributed by atoms with van der Waals surface area (Å²) >= 11 is 0. The Morgan fingerprint density at radius 2 is 1.84 bits per heavy atom. The predicted octanol–water partition coefficient (Wildman–Crippen LogP) is 3.29. The maximum atomic E-state index is 10.5. The molecule has 1 aromatic heterocycles. The number of ether oxygens (including phenoxy) is 1. The zero-order chi connectivity index (χ0) is 13.5. The molecule has 1 aromatic carbocycles. The van der Waals surface area contributed by atoms with Gasteiger partial charge in [0, 0.05) is 11.3 Å². The molecule has 0 atom stereocenters. The quantitative estimate of drug-likeness (QED) is 0.767. The number of carbonyl (C=O) groups is 1. The molecule has 0 radical (unpaired) electrons. The van der Waals surface area contributed by atoms with Crippen LogP contribution < -0.4 is 4.74 Å². The molecule has 0 aliphatic carbocycles. The van der Waals surface area contributed by atoms with Gasteiger partial charge in [-0.1, -0.05) is 30.3 Å². The lowest BCUT2D eigenvalue weighted by molar-refractivity contribution is 0.112. The Kier molecular flexibility index (Phi) is 4.45. The van der Waals surface area contributed by atoms with Crippen LogP contribution in [0.2, 0.25) is 0 Å². The molecule has 19 heavy (non-hydrogen) atoms. The summed E-state index contributed by atoms with van der Waals surface area (Å²) in [5.41, 5.74) is 2.69. The standard InChI is InChI=1S/C16H15NO2/c1-13-4-9-16(11-17-13)19-10-2-3-14-5-7-15(12-18)8-6-14/h2-9,11-12H,10H2,1H3. The number of carbonyl (C=O) groups excluding carboxylic acids is 1. The normalized spacial score (nSPS) is 10.6. The zero-order valence-corrected chi connectivity index (χ0v) is 10.7. The molecule has 2 aromatic rings. The summed E-state index contributed by atoms with van der Waals surface area (Å²) in [5, 5.41) is 0. The number of rotatable bonds is 5. The van der Waals surface area contributed by atoms with Crippen LogP contribution in [0.5, 0.6) is 5.75 Å². The van der Waals surface area contributed by atoms with E-state index < -0.39 is 0 Å². The monoisotopic (exact) mass is 253 g/mol. The Balaban J connectivity index is 1.85. The van der Waals surface area contributed by atoms with Gasteiger partial charge in [0.25, 0.3) is 0 Å². The molecule has 2 rings (SSSR count). The molecule has 0 aliphatic rings. The molecule has 0 aliphatic heterocycles. The maximum absolute atomic E-state index is 10.5. The average molecular weight is 253 g/mol. The van der Waals surface area contributed by atoms with Crippen molar-refractivity contribution in [1.29, 1.82) is 0 Å². The predicted molar refractivity (Wildman–Crippen MR) is 75.3 cm³/mol. The number of aromatic nitrogens is 1. The molecule has 1 heterocycles. The summed E-state index contributed by atoms with van der Waals surface area (Å²) in [5.74, 6) is 0.756. The SMILES string of the molecule is Cc1ccc(OCC=Cc2ccc(C=O)cc2)cn1. The lowest BCUT2D eigenvalue weighted by atomic mass is 10.1. The van der Waals surface area contributed by atoms with Gasteiger partial charge in [0.2, 0.25) is 0 Å². The molecule has 0 saturated carbocycles. The van der Waals surface area contributed by atoms with E-state index in [-0.39, 0.29) is 0 Å². The van der Waals surface area contributed by atoms with Crippen LogP contribution in [0.1, 0.15) is 21.6 Å². The average Bonchev–Trinajstić information content (AvgIpc) is 2.46. The molecule has 0 unspecified atom stereocenters. The summed E-state index contributed by atoms with van der Waals surface area (Å²) in [6.45, 7) is 2.42. The highest BCUT2D eigenvalue weighted by Crippen LogP contribution is 2.09. The Morgan fingerprint density at radius 1 is 1.11 bits per heavy atom. The van der Waals surface area contributed by atoms with Crippen LogP contribution in [0.3, 0.4) is 0 Å². The largest absolute Gasteiger partial charge is 0.488 e. The highest BCUT2D eigenvalue weighted by Gasteiger charge is 1.92. The van der Waals surface area contributed by atoms with Gasteiger partial charge < -0.3 is 4.74 Å². The number of nitrogens with zero attached hydrogens (tertiary/aromatic N) is 1. The Bertz CT molecular complexity index is 556. The number of pyridine rings is 1. The fourth-order valence-corrected chi connectivity index (χ4v) is 1.55. The van der Waals surface area contributed by atoms with Crippen molar-refractivity contribution in [2.45, 2.75) is 6.92 Å². The summed E-state index contributed by atoms with van der Waals surface area (Å²) in [6.07, 6.45) is 6.43. The molecule has 0 fully saturated rings. The van der Waals surface area contributed by atoms with Crippen LogP contribution in [0.4, 0.5) is 0 Å². The Labute approximate surface area is 112 Å². The summed E-state index contributed by atoms with van der Waals surface area (Å²) in [6, 6.07) is 11.2. The molecule has 3 nitrogen and oxygen atoms in total. The number of benzene rings is 1. The van der Waals surface area contributed by atoms with E-state index in [4.69, 9.17) is 4.74 Å². The van der Waals surface area contributed by atoms with E-state index in [9.17, 15) is 4.79 Å². The highest BCUT2D eigenvalue weighted by molar-refractivity contribution is 5.75. The molecule has 0 bridgehead atoms. The van der Waals surface area contributed by atoms with E-state index in [2.05, 4.69) is 4.98 Å². The van der Waals surface area contributed by atoms with E-state index in [1.54, 1.807) is 18.3 Å². The van der Waals surface area contributed by atoms with Crippen molar-refractivity contribution < 1.29 is 9.53 Å². The van der Waals surface area contributed by atoms with Crippen LogP contribution in [0.15, 0.2) is 48.7 Å². The molecule has 96 valence electrons. The van der Waals surface area contributed by atoms with Gasteiger partial charge >= 0.3 is 0 Å². The third-order valence-electron chi connectivity index (χ3n) is 2.61. The van der Waals surface area contributed by atoms with E-state index in [1.165, 1.54) is 0 Å². The highest BCUT2D eigenvalue weighted by atomic mass is 16.5. The van der Waals surface area contributed by atoms with Crippen molar-refractivity contribution in [3.8, 4) is 5.75 Å². The van der Waals surface area contributed by atoms with Gasteiger partial charge in [-0.05, 0) is 30.7 Å². The van der Waals surface area contributed by atoms with Gasteiger partial charge in [-0.3, -0.25) is 9.78 Å². The second-order valence-electron chi connectivity index (χ2n) is 4.13. The first-order valence-electron chi connectivity index (χ1n) is 6.05. The third kappa shape index (κ3) is 4.07. The first kappa shape index (κ1) is 13.0. The van der Waals surface area contributed by atoms with Crippen molar-refractivity contribution >= 4 is 12.4 Å². The number of hydrogen-bond donors (Lipinski definition) is 0. The van der Waals surface area contributed by atoms with E-state index in [1.807, 2.05) is 43.3 Å². The lowest BCUT2D eigenvalue weighted by Gasteiger charge is -2.02. The van der Waals surface area contributed by atoms with Gasteiger partial charge in [-0.2, -0.15) is 0 Å². The van der Waals surface area contributed by atoms with E-state index in [0.29, 0.717) is 12.2 Å². The number of aryl methyl sites for hydroxylation is 1. The minimum atomic E-state index is 0.486. The minimum Gasteiger partial charge on any atom is -0.488 e. The maximum Gasteiger partial charge on any atom is 0.150 e. The molecule has 0 saturated heterocycles. The smallest absolute Gasteiger partial charge is 0.150 e. The first-order chi connectivity index (χ1) is 9.28. The lowest BCUT2D eigenvalue weighted by Crippen LogP contribution is -1.94. The van der Waals surface area contributed by atoms with Crippen LogP contribution in [-0.2, 0) is 0 Å². The molecule has 3 heteroatoms. The summed E-state index contributed by atoms with van der Waals surface area (Å²) in [7, 11) is 0. The molecular weight excluding hydrogens is 238 g/mol. The van der Waals surface area contributed by atoms with Crippen LogP contribution in [-0.4, -0.2) is 17.9 Å². The van der Waals surface area contributed by atoms with Gasteiger partial charge in [0.1, 0.15) is 18.6 Å². The molecule has 0 amide bonds. The van der Waals surface area contributed by atoms with Gasteiger partial charge in [0.05, 0.1) is 6.20 Å². The topological polar surface area (TPSA) is 39.2 Å². The molecular formula is C16H15NO2. The minimum absolute atomic E-state index is 0.486. The van der Waals surface area contributed by atoms with Crippen molar-refractivity contribution in [2.24, 2.45) is 0 Å². The third-order valence-corrected chi connectivity index (χ3v) is 2.61. The number of aldehydes is 1. The zero-order valence-electron chi connectivity index (χ0n) is 10.7. The summed E-state index contributed by atoms with van der Waals surface area (Å²) in [4.78, 5) is 14.7. The van der Waals surface area contributed by atoms with Crippen molar-refractivity contribution in [3.63, 3.8) is 0 Å². The van der Waals surface area contributed by atoms with Gasteiger partial charge in [0.15, 0.2) is 0 Å². The van der Waals surface area contributed by atoms with E-state index >= 15 is 0 Å². The summed E-state index contributed by atoms with van der Waals surface area (Å²) < 4.78 is 5.52. The first-order valence-corrected chi connectivity index (χ1v) is 6.05. The second kappa shape index (κ2) is 6.50. The van der Waals surface area contributed by atoms with Gasteiger partial charge in [-0.25, -0.2) is 0 Å². The fraction of sp³-hybridized carbons (Fsp3) is 0.125. The van der Waals surface area contributed by atoms with Crippen LogP contribution in [0.25, 0.3) is 6.08 Å². The van der Waals surface area contributed by atoms with Crippen LogP contribution >= 0.6 is 0 Å². The fourth-order valence-electron chi connectivity index (χ4n) is 1.55. The Hall–Kier alpha value is -2.42. The number of hydrogen-bond acceptors (Lipinski definition) is 3.